The zero-order valence-electron chi connectivity index (χ0n) is 17.3. The molecule has 3 aromatic carbocycles. The summed E-state index contributed by atoms with van der Waals surface area (Å²) in [7, 11) is 0. The van der Waals surface area contributed by atoms with Crippen molar-refractivity contribution in [2.45, 2.75) is 38.3 Å². The summed E-state index contributed by atoms with van der Waals surface area (Å²) < 4.78 is 14.3. The van der Waals surface area contributed by atoms with Crippen LogP contribution in [0.4, 0.5) is 0 Å². The molecule has 4 rings (SSSR count). The third kappa shape index (κ3) is 5.01. The maximum absolute atomic E-state index is 6.73. The van der Waals surface area contributed by atoms with Crippen LogP contribution in [0.2, 0.25) is 0 Å². The lowest BCUT2D eigenvalue weighted by atomic mass is 9.82. The maximum Gasteiger partial charge on any atom is 0.122 e. The van der Waals surface area contributed by atoms with Crippen molar-refractivity contribution in [3.05, 3.63) is 106 Å². The number of rotatable bonds is 7. The molecule has 156 valence electrons. The number of nitrogens with one attached hydrogen (secondary N) is 1. The van der Waals surface area contributed by atoms with Crippen molar-refractivity contribution in [3.8, 4) is 0 Å². The topological polar surface area (TPSA) is 30.5 Å². The van der Waals surface area contributed by atoms with Crippen LogP contribution in [-0.2, 0) is 28.3 Å². The van der Waals surface area contributed by atoms with Crippen molar-refractivity contribution in [2.75, 3.05) is 13.1 Å². The Balaban J connectivity index is 1.61. The number of hydrogen-bond acceptors (Lipinski definition) is 3. The molecule has 1 aliphatic heterocycles. The van der Waals surface area contributed by atoms with Crippen LogP contribution in [0.3, 0.4) is 0 Å². The van der Waals surface area contributed by atoms with Crippen LogP contribution in [0.5, 0.6) is 0 Å². The average Bonchev–Trinajstić information content (AvgIpc) is 2.78. The summed E-state index contributed by atoms with van der Waals surface area (Å²) >= 11 is 3.55. The first kappa shape index (κ1) is 21.3. The Labute approximate surface area is 187 Å². The van der Waals surface area contributed by atoms with Gasteiger partial charge in [0, 0.05) is 11.0 Å². The van der Waals surface area contributed by atoms with Gasteiger partial charge in [-0.3, -0.25) is 0 Å². The second kappa shape index (κ2) is 9.88. The van der Waals surface area contributed by atoms with Gasteiger partial charge in [-0.25, -0.2) is 0 Å². The fourth-order valence-corrected chi connectivity index (χ4v) is 4.50. The van der Waals surface area contributed by atoms with E-state index in [1.54, 1.807) is 0 Å². The lowest BCUT2D eigenvalue weighted by Gasteiger charge is -2.44. The van der Waals surface area contributed by atoms with E-state index in [1.165, 1.54) is 16.7 Å². The molecule has 3 nitrogen and oxygen atoms in total. The largest absolute Gasteiger partial charge is 0.369 e. The van der Waals surface area contributed by atoms with Crippen LogP contribution in [0.1, 0.15) is 28.7 Å². The third-order valence-corrected chi connectivity index (χ3v) is 6.24. The van der Waals surface area contributed by atoms with Crippen molar-refractivity contribution in [1.82, 2.24) is 5.32 Å². The SMILES string of the molecule is Cc1ccc(C2(OCc3ccccc3)CCNCC2OCc2cccc(Br)c2)cc1. The molecule has 1 saturated heterocycles. The molecule has 3 aromatic rings. The van der Waals surface area contributed by atoms with Gasteiger partial charge in [0.25, 0.3) is 0 Å². The molecule has 1 fully saturated rings. The first-order chi connectivity index (χ1) is 14.7. The summed E-state index contributed by atoms with van der Waals surface area (Å²) in [5.41, 5.74) is 4.27. The molecule has 4 heteroatoms. The van der Waals surface area contributed by atoms with Gasteiger partial charge in [0.05, 0.1) is 13.2 Å². The highest BCUT2D eigenvalue weighted by molar-refractivity contribution is 9.10. The van der Waals surface area contributed by atoms with E-state index in [-0.39, 0.29) is 6.10 Å². The van der Waals surface area contributed by atoms with Gasteiger partial charge in [-0.2, -0.15) is 0 Å². The van der Waals surface area contributed by atoms with Crippen molar-refractivity contribution in [2.24, 2.45) is 0 Å². The number of ether oxygens (including phenoxy) is 2. The Morgan fingerprint density at radius 2 is 1.70 bits per heavy atom. The van der Waals surface area contributed by atoms with Crippen molar-refractivity contribution in [3.63, 3.8) is 0 Å². The lowest BCUT2D eigenvalue weighted by Crippen LogP contribution is -2.54. The molecule has 1 aliphatic rings. The molecule has 30 heavy (non-hydrogen) atoms. The van der Waals surface area contributed by atoms with Crippen LogP contribution >= 0.6 is 15.9 Å². The third-order valence-electron chi connectivity index (χ3n) is 5.74. The van der Waals surface area contributed by atoms with Crippen molar-refractivity contribution in [1.29, 1.82) is 0 Å². The van der Waals surface area contributed by atoms with E-state index in [9.17, 15) is 0 Å². The first-order valence-electron chi connectivity index (χ1n) is 10.5. The highest BCUT2D eigenvalue weighted by Gasteiger charge is 2.44. The summed E-state index contributed by atoms with van der Waals surface area (Å²) in [6.07, 6.45) is 0.781. The molecule has 0 aromatic heterocycles. The van der Waals surface area contributed by atoms with E-state index in [2.05, 4.69) is 88.8 Å². The van der Waals surface area contributed by atoms with Gasteiger partial charge in [-0.15, -0.1) is 0 Å². The number of aryl methyl sites for hydroxylation is 1. The van der Waals surface area contributed by atoms with Gasteiger partial charge >= 0.3 is 0 Å². The molecule has 0 spiro atoms. The summed E-state index contributed by atoms with van der Waals surface area (Å²) in [6, 6.07) is 27.4. The van der Waals surface area contributed by atoms with E-state index in [4.69, 9.17) is 9.47 Å². The quantitative estimate of drug-likeness (QED) is 0.481. The summed E-state index contributed by atoms with van der Waals surface area (Å²) in [5, 5.41) is 3.50. The van der Waals surface area contributed by atoms with E-state index in [0.717, 1.165) is 29.5 Å². The summed E-state index contributed by atoms with van der Waals surface area (Å²) in [5.74, 6) is 0. The highest BCUT2D eigenvalue weighted by Crippen LogP contribution is 2.38. The Bertz CT molecular complexity index is 945. The van der Waals surface area contributed by atoms with Gasteiger partial charge in [0.1, 0.15) is 11.7 Å². The molecule has 2 atom stereocenters. The van der Waals surface area contributed by atoms with E-state index < -0.39 is 5.60 Å². The average molecular weight is 466 g/mol. The fourth-order valence-electron chi connectivity index (χ4n) is 4.05. The minimum Gasteiger partial charge on any atom is -0.369 e. The zero-order chi connectivity index (χ0) is 20.8. The second-order valence-electron chi connectivity index (χ2n) is 7.91. The van der Waals surface area contributed by atoms with Crippen LogP contribution in [0, 0.1) is 6.92 Å². The molecule has 0 bridgehead atoms. The smallest absolute Gasteiger partial charge is 0.122 e. The van der Waals surface area contributed by atoms with Crippen LogP contribution < -0.4 is 5.32 Å². The molecule has 0 aliphatic carbocycles. The van der Waals surface area contributed by atoms with Gasteiger partial charge in [0.2, 0.25) is 0 Å². The molecule has 2 unspecified atom stereocenters. The van der Waals surface area contributed by atoms with Crippen LogP contribution in [0.25, 0.3) is 0 Å². The lowest BCUT2D eigenvalue weighted by molar-refractivity contribution is -0.176. The van der Waals surface area contributed by atoms with Crippen LogP contribution in [-0.4, -0.2) is 19.2 Å². The Morgan fingerprint density at radius 1 is 0.933 bits per heavy atom. The monoisotopic (exact) mass is 465 g/mol. The Morgan fingerprint density at radius 3 is 2.47 bits per heavy atom. The predicted octanol–water partition coefficient (Wildman–Crippen LogP) is 5.75. The fraction of sp³-hybridized carbons (Fsp3) is 0.308. The minimum atomic E-state index is -0.485. The zero-order valence-corrected chi connectivity index (χ0v) is 18.9. The van der Waals surface area contributed by atoms with E-state index in [1.807, 2.05) is 18.2 Å². The predicted molar refractivity (Wildman–Crippen MR) is 124 cm³/mol. The van der Waals surface area contributed by atoms with Crippen LogP contribution in [0.15, 0.2) is 83.3 Å². The second-order valence-corrected chi connectivity index (χ2v) is 8.83. The molecule has 1 N–H and O–H groups in total. The normalized spacial score (nSPS) is 21.5. The maximum atomic E-state index is 6.73. The molecule has 0 saturated carbocycles. The summed E-state index contributed by atoms with van der Waals surface area (Å²) in [4.78, 5) is 0. The van der Waals surface area contributed by atoms with Gasteiger partial charge in [-0.05, 0) is 48.7 Å². The molecular weight excluding hydrogens is 438 g/mol. The van der Waals surface area contributed by atoms with E-state index in [0.29, 0.717) is 13.2 Å². The number of piperidine rings is 1. The highest BCUT2D eigenvalue weighted by atomic mass is 79.9. The van der Waals surface area contributed by atoms with Gasteiger partial charge in [-0.1, -0.05) is 88.2 Å². The van der Waals surface area contributed by atoms with Crippen molar-refractivity contribution < 1.29 is 9.47 Å². The Kier molecular flexibility index (Phi) is 7.00. The molecule has 1 heterocycles. The summed E-state index contributed by atoms with van der Waals surface area (Å²) in [6.45, 7) is 4.89. The minimum absolute atomic E-state index is 0.0864. The number of hydrogen-bond donors (Lipinski definition) is 1. The van der Waals surface area contributed by atoms with Crippen molar-refractivity contribution >= 4 is 15.9 Å². The first-order valence-corrected chi connectivity index (χ1v) is 11.3. The number of halogens is 1. The molecule has 0 radical (unpaired) electrons. The number of benzene rings is 3. The Hall–Kier alpha value is -1.98. The molecular formula is C26H28BrNO2. The van der Waals surface area contributed by atoms with E-state index >= 15 is 0 Å². The molecule has 0 amide bonds. The van der Waals surface area contributed by atoms with Gasteiger partial charge < -0.3 is 14.8 Å². The standard InChI is InChI=1S/C26H28BrNO2/c1-20-10-12-23(13-11-20)26(30-19-21-6-3-2-4-7-21)14-15-28-17-25(26)29-18-22-8-5-9-24(27)16-22/h2-13,16,25,28H,14-15,17-19H2,1H3. The van der Waals surface area contributed by atoms with Gasteiger partial charge in [0.15, 0.2) is 0 Å².